The minimum atomic E-state index is 0.0486. The average Bonchev–Trinajstić information content (AvgIpc) is 2.20. The van der Waals surface area contributed by atoms with Crippen LogP contribution in [0.5, 0.6) is 0 Å². The highest BCUT2D eigenvalue weighted by atomic mass is 16.7. The quantitative estimate of drug-likeness (QED) is 0.654. The molecule has 2 rings (SSSR count). The van der Waals surface area contributed by atoms with Crippen LogP contribution in [0.15, 0.2) is 35.5 Å². The lowest BCUT2D eigenvalue weighted by Gasteiger charge is -2.18. The molecular formula is C10H11NO2. The van der Waals surface area contributed by atoms with E-state index in [2.05, 4.69) is 5.16 Å². The van der Waals surface area contributed by atoms with Crippen molar-refractivity contribution in [1.29, 1.82) is 0 Å². The third-order valence-electron chi connectivity index (χ3n) is 1.79. The van der Waals surface area contributed by atoms with Gasteiger partial charge in [-0.05, 0) is 24.2 Å². The first-order valence-corrected chi connectivity index (χ1v) is 4.28. The van der Waals surface area contributed by atoms with E-state index in [0.29, 0.717) is 12.5 Å². The fourth-order valence-corrected chi connectivity index (χ4v) is 1.11. The maximum absolute atomic E-state index is 5.40. The van der Waals surface area contributed by atoms with Crippen LogP contribution in [-0.4, -0.2) is 18.6 Å². The number of benzene rings is 1. The number of ether oxygens (including phenoxy) is 1. The summed E-state index contributed by atoms with van der Waals surface area (Å²) >= 11 is 0. The van der Waals surface area contributed by atoms with Gasteiger partial charge in [-0.3, -0.25) is 0 Å². The van der Waals surface area contributed by atoms with E-state index in [-0.39, 0.29) is 6.10 Å². The Kier molecular flexibility index (Phi) is 2.17. The van der Waals surface area contributed by atoms with Gasteiger partial charge in [0.15, 0.2) is 6.10 Å². The van der Waals surface area contributed by atoms with Gasteiger partial charge in [-0.25, -0.2) is 0 Å². The molecule has 0 N–H and O–H groups in total. The van der Waals surface area contributed by atoms with E-state index in [9.17, 15) is 0 Å². The normalized spacial score (nSPS) is 21.3. The van der Waals surface area contributed by atoms with Crippen LogP contribution in [-0.2, 0) is 9.57 Å². The Hall–Kier alpha value is -1.51. The molecule has 1 heterocycles. The smallest absolute Gasteiger partial charge is 0.257 e. The van der Waals surface area contributed by atoms with Crippen LogP contribution in [0.1, 0.15) is 12.5 Å². The van der Waals surface area contributed by atoms with E-state index in [1.54, 1.807) is 0 Å². The summed E-state index contributed by atoms with van der Waals surface area (Å²) in [5.41, 5.74) is 0.953. The van der Waals surface area contributed by atoms with Crippen LogP contribution in [0, 0.1) is 0 Å². The molecule has 0 spiro atoms. The zero-order chi connectivity index (χ0) is 9.10. The number of oxime groups is 1. The molecule has 1 aliphatic heterocycles. The molecule has 0 saturated heterocycles. The van der Waals surface area contributed by atoms with Crippen molar-refractivity contribution < 1.29 is 9.57 Å². The fraction of sp³-hybridized carbons (Fsp3) is 0.300. The van der Waals surface area contributed by atoms with Gasteiger partial charge in [0.25, 0.3) is 5.90 Å². The molecule has 0 saturated carbocycles. The molecule has 1 aromatic carbocycles. The van der Waals surface area contributed by atoms with Crippen LogP contribution >= 0.6 is 0 Å². The first-order valence-electron chi connectivity index (χ1n) is 4.28. The van der Waals surface area contributed by atoms with Gasteiger partial charge in [0.1, 0.15) is 6.61 Å². The van der Waals surface area contributed by atoms with Crippen LogP contribution in [0.25, 0.3) is 0 Å². The van der Waals surface area contributed by atoms with Crippen molar-refractivity contribution in [2.75, 3.05) is 6.61 Å². The highest BCUT2D eigenvalue weighted by molar-refractivity contribution is 5.93. The Morgan fingerprint density at radius 2 is 2.08 bits per heavy atom. The topological polar surface area (TPSA) is 30.8 Å². The lowest BCUT2D eigenvalue weighted by molar-refractivity contribution is 0.00154. The van der Waals surface area contributed by atoms with Gasteiger partial charge in [-0.2, -0.15) is 0 Å². The number of hydrogen-bond acceptors (Lipinski definition) is 3. The average molecular weight is 177 g/mol. The largest absolute Gasteiger partial charge is 0.471 e. The van der Waals surface area contributed by atoms with E-state index in [0.717, 1.165) is 5.56 Å². The molecule has 0 aromatic heterocycles. The molecule has 0 amide bonds. The van der Waals surface area contributed by atoms with Gasteiger partial charge in [-0.15, -0.1) is 0 Å². The molecule has 0 bridgehead atoms. The van der Waals surface area contributed by atoms with Crippen LogP contribution < -0.4 is 0 Å². The van der Waals surface area contributed by atoms with Crippen LogP contribution in [0.2, 0.25) is 0 Å². The SMILES string of the molecule is CC1COC(c2ccccc2)=NO1. The van der Waals surface area contributed by atoms with Crippen LogP contribution in [0.3, 0.4) is 0 Å². The van der Waals surface area contributed by atoms with Gasteiger partial charge in [0.05, 0.1) is 0 Å². The van der Waals surface area contributed by atoms with E-state index in [4.69, 9.17) is 9.57 Å². The molecule has 1 unspecified atom stereocenters. The van der Waals surface area contributed by atoms with Gasteiger partial charge in [0, 0.05) is 5.56 Å². The monoisotopic (exact) mass is 177 g/mol. The zero-order valence-electron chi connectivity index (χ0n) is 7.43. The molecule has 0 fully saturated rings. The summed E-state index contributed by atoms with van der Waals surface area (Å²) in [6.45, 7) is 2.49. The molecule has 13 heavy (non-hydrogen) atoms. The summed E-state index contributed by atoms with van der Waals surface area (Å²) in [4.78, 5) is 5.11. The zero-order valence-corrected chi connectivity index (χ0v) is 7.43. The fourth-order valence-electron chi connectivity index (χ4n) is 1.11. The van der Waals surface area contributed by atoms with Crippen molar-refractivity contribution in [1.82, 2.24) is 0 Å². The first-order chi connectivity index (χ1) is 6.36. The van der Waals surface area contributed by atoms with E-state index in [1.807, 2.05) is 37.3 Å². The van der Waals surface area contributed by atoms with Crippen molar-refractivity contribution in [3.05, 3.63) is 35.9 Å². The maximum atomic E-state index is 5.40. The second-order valence-electron chi connectivity index (χ2n) is 2.99. The van der Waals surface area contributed by atoms with Crippen molar-refractivity contribution in [3.8, 4) is 0 Å². The predicted molar refractivity (Wildman–Crippen MR) is 49.5 cm³/mol. The Morgan fingerprint density at radius 3 is 2.69 bits per heavy atom. The summed E-state index contributed by atoms with van der Waals surface area (Å²) in [6, 6.07) is 9.73. The summed E-state index contributed by atoms with van der Waals surface area (Å²) in [5.74, 6) is 0.568. The predicted octanol–water partition coefficient (Wildman–Crippen LogP) is 1.78. The van der Waals surface area contributed by atoms with E-state index < -0.39 is 0 Å². The Labute approximate surface area is 77.0 Å². The summed E-state index contributed by atoms with van der Waals surface area (Å²) in [6.07, 6.45) is 0.0486. The lowest BCUT2D eigenvalue weighted by atomic mass is 10.2. The van der Waals surface area contributed by atoms with E-state index in [1.165, 1.54) is 0 Å². The van der Waals surface area contributed by atoms with Crippen molar-refractivity contribution in [2.24, 2.45) is 5.16 Å². The molecule has 3 nitrogen and oxygen atoms in total. The Bertz CT molecular complexity index is 308. The molecule has 0 radical (unpaired) electrons. The second kappa shape index (κ2) is 3.47. The molecule has 0 aliphatic carbocycles. The maximum Gasteiger partial charge on any atom is 0.257 e. The Balaban J connectivity index is 2.19. The van der Waals surface area contributed by atoms with Crippen molar-refractivity contribution in [3.63, 3.8) is 0 Å². The van der Waals surface area contributed by atoms with E-state index >= 15 is 0 Å². The molecule has 1 atom stereocenters. The summed E-state index contributed by atoms with van der Waals surface area (Å²) < 4.78 is 5.40. The third-order valence-corrected chi connectivity index (χ3v) is 1.79. The van der Waals surface area contributed by atoms with Gasteiger partial charge < -0.3 is 9.57 Å². The molecule has 1 aliphatic rings. The molecule has 1 aromatic rings. The molecule has 68 valence electrons. The van der Waals surface area contributed by atoms with Gasteiger partial charge in [0.2, 0.25) is 0 Å². The minimum Gasteiger partial charge on any atom is -0.471 e. The van der Waals surface area contributed by atoms with Gasteiger partial charge in [-0.1, -0.05) is 18.2 Å². The standard InChI is InChI=1S/C10H11NO2/c1-8-7-12-10(11-13-8)9-5-3-2-4-6-9/h2-6,8H,7H2,1H3. The first kappa shape index (κ1) is 8.10. The summed E-state index contributed by atoms with van der Waals surface area (Å²) in [5, 5.41) is 3.88. The van der Waals surface area contributed by atoms with Crippen molar-refractivity contribution >= 4 is 5.90 Å². The number of hydrogen-bond donors (Lipinski definition) is 0. The molecule has 3 heteroatoms. The lowest BCUT2D eigenvalue weighted by Crippen LogP contribution is -2.23. The Morgan fingerprint density at radius 1 is 1.31 bits per heavy atom. The minimum absolute atomic E-state index is 0.0486. The third kappa shape index (κ3) is 1.80. The number of nitrogens with zero attached hydrogens (tertiary/aromatic N) is 1. The second-order valence-corrected chi connectivity index (χ2v) is 2.99. The van der Waals surface area contributed by atoms with Gasteiger partial charge >= 0.3 is 0 Å². The van der Waals surface area contributed by atoms with Crippen LogP contribution in [0.4, 0.5) is 0 Å². The number of rotatable bonds is 1. The molecular weight excluding hydrogens is 166 g/mol. The summed E-state index contributed by atoms with van der Waals surface area (Å²) in [7, 11) is 0. The highest BCUT2D eigenvalue weighted by Crippen LogP contribution is 2.09. The highest BCUT2D eigenvalue weighted by Gasteiger charge is 2.14. The van der Waals surface area contributed by atoms with Crippen molar-refractivity contribution in [2.45, 2.75) is 13.0 Å².